The maximum atomic E-state index is 6.13. The molecular weight excluding hydrogens is 379 g/mol. The van der Waals surface area contributed by atoms with E-state index in [0.717, 1.165) is 41.7 Å². The number of aryl methyl sites for hydroxylation is 1. The van der Waals surface area contributed by atoms with Crippen LogP contribution in [-0.2, 0) is 12.8 Å². The monoisotopic (exact) mass is 400 g/mol. The number of pyridine rings is 1. The van der Waals surface area contributed by atoms with Gasteiger partial charge in [0, 0.05) is 41.2 Å². The first-order valence-electron chi connectivity index (χ1n) is 9.27. The molecule has 4 nitrogen and oxygen atoms in total. The van der Waals surface area contributed by atoms with Gasteiger partial charge in [-0.1, -0.05) is 23.2 Å². The lowest BCUT2D eigenvalue weighted by molar-refractivity contribution is 0.672. The van der Waals surface area contributed by atoms with Crippen molar-refractivity contribution >= 4 is 51.2 Å². The Balaban J connectivity index is 1.76. The molecule has 0 unspecified atom stereocenters. The molecule has 0 atom stereocenters. The number of halogens is 2. The van der Waals surface area contributed by atoms with E-state index < -0.39 is 0 Å². The second-order valence-electron chi connectivity index (χ2n) is 6.82. The Labute approximate surface area is 169 Å². The Morgan fingerprint density at radius 1 is 0.963 bits per heavy atom. The van der Waals surface area contributed by atoms with Gasteiger partial charge < -0.3 is 16.4 Å². The van der Waals surface area contributed by atoms with Crippen molar-refractivity contribution in [1.82, 2.24) is 4.98 Å². The molecule has 6 heteroatoms. The number of fused-ring (bicyclic) bond motifs is 2. The van der Waals surface area contributed by atoms with Crippen LogP contribution in [0.4, 0.5) is 17.1 Å². The summed E-state index contributed by atoms with van der Waals surface area (Å²) in [5.41, 5.74) is 12.4. The zero-order valence-corrected chi connectivity index (χ0v) is 16.5. The number of nitrogens with one attached hydrogen (secondary N) is 2. The fraction of sp³-hybridized carbons (Fsp3) is 0.286. The van der Waals surface area contributed by atoms with Crippen LogP contribution in [0.3, 0.4) is 0 Å². The molecule has 0 radical (unpaired) electrons. The average molecular weight is 401 g/mol. The minimum atomic E-state index is 0.531. The number of aromatic nitrogens is 1. The molecule has 1 aromatic heterocycles. The Bertz CT molecular complexity index is 988. The van der Waals surface area contributed by atoms with Gasteiger partial charge in [0.05, 0.1) is 15.6 Å². The van der Waals surface area contributed by atoms with E-state index in [-0.39, 0.29) is 0 Å². The van der Waals surface area contributed by atoms with Gasteiger partial charge in [-0.15, -0.1) is 0 Å². The zero-order chi connectivity index (χ0) is 18.8. The van der Waals surface area contributed by atoms with Crippen LogP contribution in [0.1, 0.15) is 24.1 Å². The number of rotatable bonds is 5. The molecule has 4 rings (SSSR count). The molecule has 0 saturated heterocycles. The van der Waals surface area contributed by atoms with Gasteiger partial charge in [-0.2, -0.15) is 0 Å². The van der Waals surface area contributed by atoms with E-state index in [2.05, 4.69) is 22.8 Å². The van der Waals surface area contributed by atoms with Crippen LogP contribution < -0.4 is 16.4 Å². The molecule has 0 aliphatic heterocycles. The minimum absolute atomic E-state index is 0.531. The highest BCUT2D eigenvalue weighted by Crippen LogP contribution is 2.35. The quantitative estimate of drug-likeness (QED) is 0.526. The summed E-state index contributed by atoms with van der Waals surface area (Å²) >= 11 is 12.1. The van der Waals surface area contributed by atoms with Crippen molar-refractivity contribution in [2.24, 2.45) is 5.73 Å². The molecule has 0 spiro atoms. The van der Waals surface area contributed by atoms with E-state index in [0.29, 0.717) is 16.6 Å². The first-order chi connectivity index (χ1) is 13.2. The Morgan fingerprint density at radius 2 is 1.74 bits per heavy atom. The van der Waals surface area contributed by atoms with Crippen LogP contribution in [-0.4, -0.2) is 18.1 Å². The van der Waals surface area contributed by atoms with Gasteiger partial charge in [0.2, 0.25) is 0 Å². The lowest BCUT2D eigenvalue weighted by Crippen LogP contribution is -2.17. The van der Waals surface area contributed by atoms with E-state index in [1.165, 1.54) is 29.8 Å². The van der Waals surface area contributed by atoms with Crippen LogP contribution in [0, 0.1) is 0 Å². The van der Waals surface area contributed by atoms with Gasteiger partial charge in [0.25, 0.3) is 0 Å². The summed E-state index contributed by atoms with van der Waals surface area (Å²) < 4.78 is 0. The largest absolute Gasteiger partial charge is 0.383 e. The van der Waals surface area contributed by atoms with Gasteiger partial charge in [-0.3, -0.25) is 4.98 Å². The molecule has 0 bridgehead atoms. The SMILES string of the molecule is NCCNc1c2c(nc3ccc(Nc4ccc(Cl)c(Cl)c4)cc13)CCCC2. The van der Waals surface area contributed by atoms with E-state index in [1.54, 1.807) is 6.07 Å². The van der Waals surface area contributed by atoms with Crippen LogP contribution in [0.15, 0.2) is 36.4 Å². The summed E-state index contributed by atoms with van der Waals surface area (Å²) in [5, 5.41) is 9.14. The number of benzene rings is 2. The smallest absolute Gasteiger partial charge is 0.0727 e. The van der Waals surface area contributed by atoms with Crippen molar-refractivity contribution in [2.45, 2.75) is 25.7 Å². The summed E-state index contributed by atoms with van der Waals surface area (Å²) in [4.78, 5) is 4.92. The second kappa shape index (κ2) is 7.93. The molecular formula is C21H22Cl2N4. The van der Waals surface area contributed by atoms with Gasteiger partial charge in [0.15, 0.2) is 0 Å². The Morgan fingerprint density at radius 3 is 2.56 bits per heavy atom. The lowest BCUT2D eigenvalue weighted by atomic mass is 9.92. The van der Waals surface area contributed by atoms with E-state index in [1.807, 2.05) is 18.2 Å². The highest BCUT2D eigenvalue weighted by Gasteiger charge is 2.18. The molecule has 0 amide bonds. The maximum absolute atomic E-state index is 6.13. The van der Waals surface area contributed by atoms with Gasteiger partial charge in [-0.05, 0) is 67.6 Å². The molecule has 140 valence electrons. The first-order valence-corrected chi connectivity index (χ1v) is 10.0. The van der Waals surface area contributed by atoms with Gasteiger partial charge >= 0.3 is 0 Å². The fourth-order valence-corrected chi connectivity index (χ4v) is 3.94. The number of hydrogen-bond donors (Lipinski definition) is 3. The first kappa shape index (κ1) is 18.4. The lowest BCUT2D eigenvalue weighted by Gasteiger charge is -2.22. The predicted molar refractivity (Wildman–Crippen MR) is 116 cm³/mol. The summed E-state index contributed by atoms with van der Waals surface area (Å²) in [5.74, 6) is 0. The number of anilines is 3. The third-order valence-electron chi connectivity index (χ3n) is 4.92. The van der Waals surface area contributed by atoms with Crippen molar-refractivity contribution in [3.05, 3.63) is 57.7 Å². The molecule has 1 aliphatic rings. The summed E-state index contributed by atoms with van der Waals surface area (Å²) in [6.45, 7) is 1.34. The standard InChI is InChI=1S/C21H22Cl2N4/c22-17-7-5-14(12-18(17)23)26-13-6-8-20-16(11-13)21(25-10-9-24)15-3-1-2-4-19(15)27-20/h5-8,11-12,26H,1-4,9-10,24H2,(H,25,27). The Kier molecular flexibility index (Phi) is 5.39. The van der Waals surface area contributed by atoms with Crippen molar-refractivity contribution in [1.29, 1.82) is 0 Å². The highest BCUT2D eigenvalue weighted by atomic mass is 35.5. The van der Waals surface area contributed by atoms with Crippen LogP contribution in [0.25, 0.3) is 10.9 Å². The van der Waals surface area contributed by atoms with Crippen LogP contribution in [0.2, 0.25) is 10.0 Å². The van der Waals surface area contributed by atoms with Crippen LogP contribution >= 0.6 is 23.2 Å². The summed E-state index contributed by atoms with van der Waals surface area (Å²) in [6.07, 6.45) is 4.53. The third kappa shape index (κ3) is 3.84. The molecule has 2 aromatic carbocycles. The Hall–Kier alpha value is -2.01. The molecule has 0 saturated carbocycles. The average Bonchev–Trinajstić information content (AvgIpc) is 2.68. The van der Waals surface area contributed by atoms with E-state index in [4.69, 9.17) is 33.9 Å². The molecule has 1 aliphatic carbocycles. The molecule has 0 fully saturated rings. The van der Waals surface area contributed by atoms with Gasteiger partial charge in [-0.25, -0.2) is 0 Å². The second-order valence-corrected chi connectivity index (χ2v) is 7.63. The molecule has 27 heavy (non-hydrogen) atoms. The molecule has 1 heterocycles. The minimum Gasteiger partial charge on any atom is -0.383 e. The maximum Gasteiger partial charge on any atom is 0.0727 e. The van der Waals surface area contributed by atoms with E-state index >= 15 is 0 Å². The van der Waals surface area contributed by atoms with Crippen molar-refractivity contribution in [3.8, 4) is 0 Å². The summed E-state index contributed by atoms with van der Waals surface area (Å²) in [6, 6.07) is 11.8. The fourth-order valence-electron chi connectivity index (χ4n) is 3.64. The van der Waals surface area contributed by atoms with Crippen molar-refractivity contribution in [2.75, 3.05) is 23.7 Å². The molecule has 4 N–H and O–H groups in total. The normalized spacial score (nSPS) is 13.4. The predicted octanol–water partition coefficient (Wildman–Crippen LogP) is 5.53. The third-order valence-corrected chi connectivity index (χ3v) is 5.66. The topological polar surface area (TPSA) is 63.0 Å². The number of hydrogen-bond acceptors (Lipinski definition) is 4. The van der Waals surface area contributed by atoms with Crippen molar-refractivity contribution < 1.29 is 0 Å². The number of nitrogens with two attached hydrogens (primary N) is 1. The zero-order valence-electron chi connectivity index (χ0n) is 15.0. The molecule has 3 aromatic rings. The van der Waals surface area contributed by atoms with Crippen molar-refractivity contribution in [3.63, 3.8) is 0 Å². The van der Waals surface area contributed by atoms with Gasteiger partial charge in [0.1, 0.15) is 0 Å². The van der Waals surface area contributed by atoms with Crippen LogP contribution in [0.5, 0.6) is 0 Å². The highest BCUT2D eigenvalue weighted by molar-refractivity contribution is 6.42. The number of nitrogens with zero attached hydrogens (tertiary/aromatic N) is 1. The summed E-state index contributed by atoms with van der Waals surface area (Å²) in [7, 11) is 0. The van der Waals surface area contributed by atoms with E-state index in [9.17, 15) is 0 Å².